The highest BCUT2D eigenvalue weighted by atomic mass is 14.7. The summed E-state index contributed by atoms with van der Waals surface area (Å²) in [5.74, 6) is 0. The first-order valence-electron chi connectivity index (χ1n) is 6.85. The van der Waals surface area contributed by atoms with Crippen LogP contribution < -0.4 is 0 Å². The van der Waals surface area contributed by atoms with Crippen molar-refractivity contribution in [3.8, 4) is 0 Å². The van der Waals surface area contributed by atoms with Gasteiger partial charge in [-0.3, -0.25) is 4.99 Å². The van der Waals surface area contributed by atoms with Crippen molar-refractivity contribution in [2.24, 2.45) is 4.99 Å². The predicted octanol–water partition coefficient (Wildman–Crippen LogP) is 4.96. The Balaban J connectivity index is 3.04. The number of hydrogen-bond donors (Lipinski definition) is 0. The largest absolute Gasteiger partial charge is 0.284 e. The van der Waals surface area contributed by atoms with Gasteiger partial charge in [0, 0.05) is 12.6 Å². The molecule has 0 atom stereocenters. The highest BCUT2D eigenvalue weighted by Crippen LogP contribution is 2.18. The first-order chi connectivity index (χ1) is 9.22. The standard InChI is InChI=1S/C18H23N/c1-5-16(6-2)18(19-7-3)14-13-15(4)17-11-9-8-10-12-17/h5-6,8-9,11,14H,1,7,10,12H2,2-4H3/b16-6+,19-18?. The van der Waals surface area contributed by atoms with E-state index in [9.17, 15) is 0 Å². The Kier molecular flexibility index (Phi) is 6.63. The van der Waals surface area contributed by atoms with Crippen LogP contribution in [0.3, 0.4) is 0 Å². The maximum Gasteiger partial charge on any atom is 0.0719 e. The van der Waals surface area contributed by atoms with Crippen LogP contribution in [0.1, 0.15) is 33.6 Å². The van der Waals surface area contributed by atoms with E-state index in [-0.39, 0.29) is 0 Å². The van der Waals surface area contributed by atoms with Crippen molar-refractivity contribution in [3.05, 3.63) is 65.5 Å². The van der Waals surface area contributed by atoms with Gasteiger partial charge in [0.25, 0.3) is 0 Å². The Labute approximate surface area is 117 Å². The van der Waals surface area contributed by atoms with Gasteiger partial charge in [0.2, 0.25) is 0 Å². The molecule has 0 radical (unpaired) electrons. The second-order valence-corrected chi connectivity index (χ2v) is 4.38. The molecule has 1 rings (SSSR count). The quantitative estimate of drug-likeness (QED) is 0.373. The van der Waals surface area contributed by atoms with Gasteiger partial charge in [0.05, 0.1) is 5.71 Å². The molecule has 0 aromatic heterocycles. The fourth-order valence-corrected chi connectivity index (χ4v) is 1.95. The first-order valence-corrected chi connectivity index (χ1v) is 6.85. The molecule has 0 bridgehead atoms. The van der Waals surface area contributed by atoms with E-state index in [4.69, 9.17) is 0 Å². The summed E-state index contributed by atoms with van der Waals surface area (Å²) in [4.78, 5) is 4.50. The van der Waals surface area contributed by atoms with E-state index in [2.05, 4.69) is 42.5 Å². The second-order valence-electron chi connectivity index (χ2n) is 4.38. The molecule has 0 fully saturated rings. The zero-order chi connectivity index (χ0) is 14.1. The third-order valence-corrected chi connectivity index (χ3v) is 3.08. The van der Waals surface area contributed by atoms with Gasteiger partial charge < -0.3 is 0 Å². The van der Waals surface area contributed by atoms with Crippen molar-refractivity contribution in [3.63, 3.8) is 0 Å². The van der Waals surface area contributed by atoms with Crippen LogP contribution in [-0.2, 0) is 0 Å². The third-order valence-electron chi connectivity index (χ3n) is 3.08. The van der Waals surface area contributed by atoms with E-state index in [1.54, 1.807) is 0 Å². The average Bonchev–Trinajstić information content (AvgIpc) is 2.46. The van der Waals surface area contributed by atoms with Gasteiger partial charge >= 0.3 is 0 Å². The summed E-state index contributed by atoms with van der Waals surface area (Å²) in [5, 5.41) is 0. The molecule has 0 heterocycles. The summed E-state index contributed by atoms with van der Waals surface area (Å²) in [7, 11) is 0. The topological polar surface area (TPSA) is 12.4 Å². The van der Waals surface area contributed by atoms with E-state index in [1.165, 1.54) is 11.1 Å². The van der Waals surface area contributed by atoms with Crippen molar-refractivity contribution in [1.29, 1.82) is 0 Å². The summed E-state index contributed by atoms with van der Waals surface area (Å²) >= 11 is 0. The number of hydrogen-bond acceptors (Lipinski definition) is 1. The maximum absolute atomic E-state index is 4.50. The summed E-state index contributed by atoms with van der Waals surface area (Å²) in [6, 6.07) is 0. The molecule has 1 aliphatic carbocycles. The van der Waals surface area contributed by atoms with E-state index in [1.807, 2.05) is 32.1 Å². The molecule has 0 aliphatic heterocycles. The number of allylic oxidation sites excluding steroid dienone is 8. The average molecular weight is 253 g/mol. The Bertz CT molecular complexity index is 504. The van der Waals surface area contributed by atoms with Gasteiger partial charge in [0.15, 0.2) is 0 Å². The molecule has 1 heteroatoms. The summed E-state index contributed by atoms with van der Waals surface area (Å²) < 4.78 is 0. The summed E-state index contributed by atoms with van der Waals surface area (Å²) in [6.07, 6.45) is 14.5. The first kappa shape index (κ1) is 15.2. The van der Waals surface area contributed by atoms with Gasteiger partial charge in [-0.05, 0) is 50.3 Å². The van der Waals surface area contributed by atoms with E-state index >= 15 is 0 Å². The Hall–Kier alpha value is -1.85. The molecule has 0 amide bonds. The zero-order valence-electron chi connectivity index (χ0n) is 12.2. The van der Waals surface area contributed by atoms with Crippen LogP contribution in [0.5, 0.6) is 0 Å². The predicted molar refractivity (Wildman–Crippen MR) is 85.7 cm³/mol. The molecular formula is C18H23N. The molecule has 0 aromatic carbocycles. The zero-order valence-corrected chi connectivity index (χ0v) is 12.2. The van der Waals surface area contributed by atoms with Crippen molar-refractivity contribution in [1.82, 2.24) is 0 Å². The third kappa shape index (κ3) is 4.73. The van der Waals surface area contributed by atoms with Gasteiger partial charge in [-0.25, -0.2) is 0 Å². The van der Waals surface area contributed by atoms with Crippen LogP contribution in [-0.4, -0.2) is 12.3 Å². The Morgan fingerprint density at radius 2 is 2.32 bits per heavy atom. The molecule has 0 spiro atoms. The molecule has 0 N–H and O–H groups in total. The minimum absolute atomic E-state index is 0.767. The van der Waals surface area contributed by atoms with E-state index < -0.39 is 0 Å². The van der Waals surface area contributed by atoms with Crippen LogP contribution in [0.15, 0.2) is 70.5 Å². The minimum Gasteiger partial charge on any atom is -0.284 e. The van der Waals surface area contributed by atoms with Gasteiger partial charge in [-0.1, -0.05) is 37.0 Å². The smallest absolute Gasteiger partial charge is 0.0719 e. The fraction of sp³-hybridized carbons (Fsp3) is 0.333. The molecule has 0 saturated carbocycles. The summed E-state index contributed by atoms with van der Waals surface area (Å²) in [5.41, 5.74) is 7.91. The molecule has 19 heavy (non-hydrogen) atoms. The van der Waals surface area contributed by atoms with Gasteiger partial charge in [-0.15, -0.1) is 5.73 Å². The fourth-order valence-electron chi connectivity index (χ4n) is 1.95. The molecular weight excluding hydrogens is 230 g/mol. The second kappa shape index (κ2) is 8.29. The molecule has 1 nitrogen and oxygen atoms in total. The normalized spacial score (nSPS) is 15.6. The lowest BCUT2D eigenvalue weighted by molar-refractivity contribution is 0.969. The lowest BCUT2D eigenvalue weighted by Crippen LogP contribution is -1.97. The molecule has 0 aromatic rings. The van der Waals surface area contributed by atoms with Crippen molar-refractivity contribution in [2.75, 3.05) is 6.54 Å². The Morgan fingerprint density at radius 1 is 1.53 bits per heavy atom. The lowest BCUT2D eigenvalue weighted by atomic mass is 9.99. The Morgan fingerprint density at radius 3 is 2.84 bits per heavy atom. The molecule has 1 aliphatic rings. The molecule has 0 unspecified atom stereocenters. The van der Waals surface area contributed by atoms with E-state index in [0.717, 1.165) is 30.7 Å². The van der Waals surface area contributed by atoms with Gasteiger partial charge in [-0.2, -0.15) is 0 Å². The van der Waals surface area contributed by atoms with Crippen LogP contribution in [0.2, 0.25) is 0 Å². The number of nitrogens with zero attached hydrogens (tertiary/aromatic N) is 1. The van der Waals surface area contributed by atoms with Crippen molar-refractivity contribution in [2.45, 2.75) is 33.6 Å². The molecule has 100 valence electrons. The minimum atomic E-state index is 0.767. The van der Waals surface area contributed by atoms with Crippen LogP contribution in [0.25, 0.3) is 0 Å². The number of rotatable bonds is 5. The van der Waals surface area contributed by atoms with Gasteiger partial charge in [0.1, 0.15) is 0 Å². The van der Waals surface area contributed by atoms with Crippen molar-refractivity contribution >= 4 is 5.71 Å². The van der Waals surface area contributed by atoms with Crippen LogP contribution in [0.4, 0.5) is 0 Å². The summed E-state index contributed by atoms with van der Waals surface area (Å²) in [6.45, 7) is 10.7. The SMILES string of the molecule is C=C/C(=C\C)C(C=C=C(C)C1=CC=CCC1)=NCC. The highest BCUT2D eigenvalue weighted by molar-refractivity contribution is 6.10. The van der Waals surface area contributed by atoms with E-state index in [0.29, 0.717) is 0 Å². The maximum atomic E-state index is 4.50. The highest BCUT2D eigenvalue weighted by Gasteiger charge is 2.01. The lowest BCUT2D eigenvalue weighted by Gasteiger charge is -2.07. The monoisotopic (exact) mass is 253 g/mol. The number of aliphatic imine (C=N–C) groups is 1. The van der Waals surface area contributed by atoms with Crippen LogP contribution in [0, 0.1) is 0 Å². The van der Waals surface area contributed by atoms with Crippen molar-refractivity contribution < 1.29 is 0 Å². The molecule has 0 saturated heterocycles. The van der Waals surface area contributed by atoms with Crippen LogP contribution >= 0.6 is 0 Å².